The van der Waals surface area contributed by atoms with Crippen molar-refractivity contribution < 1.29 is 4.42 Å². The minimum atomic E-state index is -0.184. The van der Waals surface area contributed by atoms with Crippen molar-refractivity contribution in [1.29, 1.82) is 0 Å². The fraction of sp³-hybridized carbons (Fsp3) is 0.214. The van der Waals surface area contributed by atoms with Crippen LogP contribution in [-0.2, 0) is 6.54 Å². The van der Waals surface area contributed by atoms with Crippen molar-refractivity contribution in [3.63, 3.8) is 0 Å². The molecule has 4 heteroatoms. The van der Waals surface area contributed by atoms with Crippen LogP contribution in [0.25, 0.3) is 11.0 Å². The van der Waals surface area contributed by atoms with E-state index in [0.717, 1.165) is 22.4 Å². The molecule has 2 N–H and O–H groups in total. The lowest BCUT2D eigenvalue weighted by Gasteiger charge is -2.10. The lowest BCUT2D eigenvalue weighted by Crippen LogP contribution is -2.18. The van der Waals surface area contributed by atoms with E-state index < -0.39 is 0 Å². The van der Waals surface area contributed by atoms with Gasteiger partial charge in [0, 0.05) is 17.3 Å². The number of benzene rings is 1. The molecule has 0 spiro atoms. The SMILES string of the molecule is Cc1ccnn1CC(N)c1cc2ccccc2o1. The minimum Gasteiger partial charge on any atom is -0.459 e. The number of aryl methyl sites for hydroxylation is 1. The van der Waals surface area contributed by atoms with E-state index in [2.05, 4.69) is 5.10 Å². The second kappa shape index (κ2) is 4.31. The highest BCUT2D eigenvalue weighted by atomic mass is 16.3. The molecule has 0 fully saturated rings. The van der Waals surface area contributed by atoms with Crippen LogP contribution < -0.4 is 5.73 Å². The third kappa shape index (κ3) is 1.91. The molecule has 18 heavy (non-hydrogen) atoms. The maximum Gasteiger partial charge on any atom is 0.134 e. The Hall–Kier alpha value is -2.07. The predicted octanol–water partition coefficient (Wildman–Crippen LogP) is 2.64. The first-order valence-electron chi connectivity index (χ1n) is 5.96. The second-order valence-electron chi connectivity index (χ2n) is 4.45. The summed E-state index contributed by atoms with van der Waals surface area (Å²) in [7, 11) is 0. The van der Waals surface area contributed by atoms with E-state index in [1.807, 2.05) is 48.0 Å². The zero-order chi connectivity index (χ0) is 12.5. The van der Waals surface area contributed by atoms with Gasteiger partial charge in [-0.05, 0) is 25.1 Å². The summed E-state index contributed by atoms with van der Waals surface area (Å²) in [5.41, 5.74) is 8.14. The van der Waals surface area contributed by atoms with Crippen LogP contribution in [0, 0.1) is 6.92 Å². The first-order valence-corrected chi connectivity index (χ1v) is 5.96. The highest BCUT2D eigenvalue weighted by Gasteiger charge is 2.13. The van der Waals surface area contributed by atoms with Crippen molar-refractivity contribution in [2.45, 2.75) is 19.5 Å². The molecule has 0 amide bonds. The normalized spacial score (nSPS) is 13.0. The molecule has 0 aliphatic rings. The Morgan fingerprint density at radius 3 is 2.89 bits per heavy atom. The number of hydrogen-bond acceptors (Lipinski definition) is 3. The number of nitrogens with zero attached hydrogens (tertiary/aromatic N) is 2. The van der Waals surface area contributed by atoms with Crippen molar-refractivity contribution in [2.75, 3.05) is 0 Å². The Morgan fingerprint density at radius 1 is 1.33 bits per heavy atom. The third-order valence-corrected chi connectivity index (χ3v) is 3.11. The number of fused-ring (bicyclic) bond motifs is 1. The molecule has 3 rings (SSSR count). The standard InChI is InChI=1S/C14H15N3O/c1-10-6-7-16-17(10)9-12(15)14-8-11-4-2-3-5-13(11)18-14/h2-8,12H,9,15H2,1H3. The molecule has 0 saturated carbocycles. The van der Waals surface area contributed by atoms with Gasteiger partial charge in [-0.1, -0.05) is 18.2 Å². The molecule has 4 nitrogen and oxygen atoms in total. The maximum atomic E-state index is 6.16. The van der Waals surface area contributed by atoms with Gasteiger partial charge in [-0.25, -0.2) is 0 Å². The minimum absolute atomic E-state index is 0.184. The van der Waals surface area contributed by atoms with Gasteiger partial charge < -0.3 is 10.2 Å². The summed E-state index contributed by atoms with van der Waals surface area (Å²) in [6.07, 6.45) is 1.78. The van der Waals surface area contributed by atoms with E-state index in [4.69, 9.17) is 10.2 Å². The molecular weight excluding hydrogens is 226 g/mol. The topological polar surface area (TPSA) is 57.0 Å². The van der Waals surface area contributed by atoms with Gasteiger partial charge in [0.05, 0.1) is 12.6 Å². The average molecular weight is 241 g/mol. The second-order valence-corrected chi connectivity index (χ2v) is 4.45. The van der Waals surface area contributed by atoms with Gasteiger partial charge in [0.15, 0.2) is 0 Å². The van der Waals surface area contributed by atoms with Crippen molar-refractivity contribution in [1.82, 2.24) is 9.78 Å². The molecule has 1 unspecified atom stereocenters. The summed E-state index contributed by atoms with van der Waals surface area (Å²) in [5.74, 6) is 0.797. The summed E-state index contributed by atoms with van der Waals surface area (Å²) in [6.45, 7) is 2.64. The first-order chi connectivity index (χ1) is 8.74. The van der Waals surface area contributed by atoms with Crippen molar-refractivity contribution in [3.05, 3.63) is 54.0 Å². The summed E-state index contributed by atoms with van der Waals surface area (Å²) in [4.78, 5) is 0. The van der Waals surface area contributed by atoms with Crippen LogP contribution in [0.5, 0.6) is 0 Å². The molecule has 3 aromatic rings. The highest BCUT2D eigenvalue weighted by Crippen LogP contribution is 2.23. The number of rotatable bonds is 3. The summed E-state index contributed by atoms with van der Waals surface area (Å²) < 4.78 is 7.64. The molecule has 0 aliphatic carbocycles. The third-order valence-electron chi connectivity index (χ3n) is 3.11. The molecule has 0 aliphatic heterocycles. The molecule has 1 aromatic carbocycles. The predicted molar refractivity (Wildman–Crippen MR) is 70.1 cm³/mol. The molecule has 0 radical (unpaired) electrons. The summed E-state index contributed by atoms with van der Waals surface area (Å²) >= 11 is 0. The largest absolute Gasteiger partial charge is 0.459 e. The van der Waals surface area contributed by atoms with Crippen LogP contribution in [0.4, 0.5) is 0 Å². The van der Waals surface area contributed by atoms with Gasteiger partial charge in [-0.2, -0.15) is 5.10 Å². The zero-order valence-electron chi connectivity index (χ0n) is 10.2. The van der Waals surface area contributed by atoms with Crippen LogP contribution in [-0.4, -0.2) is 9.78 Å². The van der Waals surface area contributed by atoms with E-state index in [1.165, 1.54) is 0 Å². The van der Waals surface area contributed by atoms with Crippen LogP contribution in [0.15, 0.2) is 47.0 Å². The fourth-order valence-electron chi connectivity index (χ4n) is 2.05. The summed E-state index contributed by atoms with van der Waals surface area (Å²) in [6, 6.07) is 11.7. The first kappa shape index (κ1) is 11.0. The van der Waals surface area contributed by atoms with E-state index in [1.54, 1.807) is 6.20 Å². The molecule has 1 atom stereocenters. The molecule has 2 aromatic heterocycles. The van der Waals surface area contributed by atoms with Crippen molar-refractivity contribution in [2.24, 2.45) is 5.73 Å². The molecule has 0 bridgehead atoms. The van der Waals surface area contributed by atoms with Gasteiger partial charge in [0.2, 0.25) is 0 Å². The summed E-state index contributed by atoms with van der Waals surface area (Å²) in [5, 5.41) is 5.31. The van der Waals surface area contributed by atoms with Gasteiger partial charge in [0.25, 0.3) is 0 Å². The Bertz CT molecular complexity index is 635. The lowest BCUT2D eigenvalue weighted by atomic mass is 10.2. The maximum absolute atomic E-state index is 6.16. The smallest absolute Gasteiger partial charge is 0.134 e. The van der Waals surface area contributed by atoms with Crippen LogP contribution >= 0.6 is 0 Å². The van der Waals surface area contributed by atoms with Crippen molar-refractivity contribution >= 4 is 11.0 Å². The number of furan rings is 1. The number of para-hydroxylation sites is 1. The van der Waals surface area contributed by atoms with Gasteiger partial charge in [0.1, 0.15) is 11.3 Å². The quantitative estimate of drug-likeness (QED) is 0.767. The highest BCUT2D eigenvalue weighted by molar-refractivity contribution is 5.77. The zero-order valence-corrected chi connectivity index (χ0v) is 10.2. The number of nitrogens with two attached hydrogens (primary N) is 1. The van der Waals surface area contributed by atoms with Gasteiger partial charge in [-0.3, -0.25) is 4.68 Å². The van der Waals surface area contributed by atoms with Gasteiger partial charge in [-0.15, -0.1) is 0 Å². The van der Waals surface area contributed by atoms with Gasteiger partial charge >= 0.3 is 0 Å². The number of hydrogen-bond donors (Lipinski definition) is 1. The lowest BCUT2D eigenvalue weighted by molar-refractivity contribution is 0.434. The number of aromatic nitrogens is 2. The Kier molecular flexibility index (Phi) is 2.64. The van der Waals surface area contributed by atoms with E-state index in [0.29, 0.717) is 6.54 Å². The Labute approximate surface area is 105 Å². The van der Waals surface area contributed by atoms with E-state index in [-0.39, 0.29) is 6.04 Å². The van der Waals surface area contributed by atoms with Crippen LogP contribution in [0.2, 0.25) is 0 Å². The van der Waals surface area contributed by atoms with E-state index in [9.17, 15) is 0 Å². The fourth-order valence-corrected chi connectivity index (χ4v) is 2.05. The average Bonchev–Trinajstić information content (AvgIpc) is 2.96. The van der Waals surface area contributed by atoms with Crippen LogP contribution in [0.1, 0.15) is 17.5 Å². The molecule has 92 valence electrons. The monoisotopic (exact) mass is 241 g/mol. The Morgan fingerprint density at radius 2 is 2.17 bits per heavy atom. The molecular formula is C14H15N3O. The molecule has 0 saturated heterocycles. The molecule has 2 heterocycles. The van der Waals surface area contributed by atoms with E-state index >= 15 is 0 Å². The van der Waals surface area contributed by atoms with Crippen LogP contribution in [0.3, 0.4) is 0 Å². The van der Waals surface area contributed by atoms with Crippen molar-refractivity contribution in [3.8, 4) is 0 Å². The Balaban J connectivity index is 1.88.